The van der Waals surface area contributed by atoms with Crippen LogP contribution in [0.25, 0.3) is 0 Å². The first-order chi connectivity index (χ1) is 9.67. The molecule has 0 bridgehead atoms. The number of thiophene rings is 1. The molecule has 3 N–H and O–H groups in total. The molecule has 2 aromatic rings. The lowest BCUT2D eigenvalue weighted by molar-refractivity contribution is 0.0736. The molecule has 0 radical (unpaired) electrons. The van der Waals surface area contributed by atoms with Crippen LogP contribution in [0.1, 0.15) is 20.8 Å². The Balaban J connectivity index is 1.85. The number of rotatable bonds is 2. The topological polar surface area (TPSA) is 71.2 Å². The van der Waals surface area contributed by atoms with Crippen molar-refractivity contribution in [2.24, 2.45) is 5.84 Å². The highest BCUT2D eigenvalue weighted by atomic mass is 35.5. The zero-order chi connectivity index (χ0) is 14.1. The van der Waals surface area contributed by atoms with Crippen molar-refractivity contribution in [3.63, 3.8) is 0 Å². The SMILES string of the molecule is NNc1cc(C(=O)N2CCc3sccc3C2)cc(Cl)n1. The number of nitrogens with two attached hydrogens (primary N) is 1. The van der Waals surface area contributed by atoms with Gasteiger partial charge in [0.05, 0.1) is 0 Å². The van der Waals surface area contributed by atoms with Crippen molar-refractivity contribution in [1.29, 1.82) is 0 Å². The lowest BCUT2D eigenvalue weighted by atomic mass is 10.1. The van der Waals surface area contributed by atoms with Crippen LogP contribution in [0.4, 0.5) is 5.82 Å². The van der Waals surface area contributed by atoms with Crippen LogP contribution in [-0.4, -0.2) is 22.3 Å². The number of carbonyl (C=O) groups is 1. The number of halogens is 1. The molecule has 20 heavy (non-hydrogen) atoms. The number of hydrazine groups is 1. The second-order valence-electron chi connectivity index (χ2n) is 4.55. The van der Waals surface area contributed by atoms with Crippen molar-refractivity contribution in [3.8, 4) is 0 Å². The molecular weight excluding hydrogens is 296 g/mol. The molecule has 0 saturated heterocycles. The highest BCUT2D eigenvalue weighted by Gasteiger charge is 2.23. The van der Waals surface area contributed by atoms with E-state index >= 15 is 0 Å². The number of pyridine rings is 1. The largest absolute Gasteiger partial charge is 0.334 e. The van der Waals surface area contributed by atoms with Crippen LogP contribution in [0.5, 0.6) is 0 Å². The van der Waals surface area contributed by atoms with E-state index in [2.05, 4.69) is 21.9 Å². The average molecular weight is 309 g/mol. The van der Waals surface area contributed by atoms with Crippen LogP contribution >= 0.6 is 22.9 Å². The van der Waals surface area contributed by atoms with Crippen molar-refractivity contribution in [2.75, 3.05) is 12.0 Å². The lowest BCUT2D eigenvalue weighted by Gasteiger charge is -2.27. The summed E-state index contributed by atoms with van der Waals surface area (Å²) in [6.07, 6.45) is 0.902. The van der Waals surface area contributed by atoms with Gasteiger partial charge >= 0.3 is 0 Å². The van der Waals surface area contributed by atoms with E-state index in [1.165, 1.54) is 10.4 Å². The standard InChI is InChI=1S/C13H13ClN4OS/c14-11-5-9(6-12(16-11)17-15)13(19)18-3-1-10-8(7-18)2-4-20-10/h2,4-6H,1,3,7,15H2,(H,16,17). The quantitative estimate of drug-likeness (QED) is 0.507. The molecule has 104 valence electrons. The fourth-order valence-electron chi connectivity index (χ4n) is 2.30. The third-order valence-electron chi connectivity index (χ3n) is 3.28. The van der Waals surface area contributed by atoms with Gasteiger partial charge in [0.1, 0.15) is 11.0 Å². The van der Waals surface area contributed by atoms with Gasteiger partial charge in [-0.3, -0.25) is 4.79 Å². The van der Waals surface area contributed by atoms with Gasteiger partial charge in [-0.15, -0.1) is 11.3 Å². The van der Waals surface area contributed by atoms with Gasteiger partial charge in [0.25, 0.3) is 5.91 Å². The van der Waals surface area contributed by atoms with Crippen LogP contribution < -0.4 is 11.3 Å². The molecule has 0 unspecified atom stereocenters. The van der Waals surface area contributed by atoms with Gasteiger partial charge in [-0.05, 0) is 35.6 Å². The van der Waals surface area contributed by atoms with E-state index in [1.807, 2.05) is 4.90 Å². The van der Waals surface area contributed by atoms with Crippen LogP contribution in [0.15, 0.2) is 23.6 Å². The minimum atomic E-state index is -0.0531. The Morgan fingerprint density at radius 3 is 3.15 bits per heavy atom. The first-order valence-corrected chi connectivity index (χ1v) is 7.42. The number of aromatic nitrogens is 1. The molecule has 3 rings (SSSR count). The Hall–Kier alpha value is -1.63. The van der Waals surface area contributed by atoms with Crippen LogP contribution in [-0.2, 0) is 13.0 Å². The molecule has 0 atom stereocenters. The summed E-state index contributed by atoms with van der Waals surface area (Å²) >= 11 is 7.65. The fourth-order valence-corrected chi connectivity index (χ4v) is 3.40. The summed E-state index contributed by atoms with van der Waals surface area (Å²) in [6, 6.07) is 5.25. The maximum Gasteiger partial charge on any atom is 0.254 e. The molecule has 0 aliphatic carbocycles. The maximum absolute atomic E-state index is 12.5. The number of anilines is 1. The number of hydrogen-bond acceptors (Lipinski definition) is 5. The molecule has 7 heteroatoms. The molecule has 2 aromatic heterocycles. The van der Waals surface area contributed by atoms with Gasteiger partial charge in [0, 0.05) is 23.5 Å². The van der Waals surface area contributed by atoms with E-state index in [-0.39, 0.29) is 11.1 Å². The first-order valence-electron chi connectivity index (χ1n) is 6.16. The lowest BCUT2D eigenvalue weighted by Crippen LogP contribution is -2.35. The van der Waals surface area contributed by atoms with E-state index < -0.39 is 0 Å². The third kappa shape index (κ3) is 2.49. The number of amides is 1. The zero-order valence-electron chi connectivity index (χ0n) is 10.6. The molecule has 0 spiro atoms. The fraction of sp³-hybridized carbons (Fsp3) is 0.231. The molecule has 0 aromatic carbocycles. The van der Waals surface area contributed by atoms with E-state index in [9.17, 15) is 4.79 Å². The predicted octanol–water partition coefficient (Wildman–Crippen LogP) is 2.28. The minimum absolute atomic E-state index is 0.0531. The first kappa shape index (κ1) is 13.4. The number of fused-ring (bicyclic) bond motifs is 1. The van der Waals surface area contributed by atoms with Crippen LogP contribution in [0.2, 0.25) is 5.15 Å². The van der Waals surface area contributed by atoms with Gasteiger partial charge < -0.3 is 10.3 Å². The maximum atomic E-state index is 12.5. The molecule has 0 saturated carbocycles. The Morgan fingerprint density at radius 2 is 2.35 bits per heavy atom. The molecule has 1 amide bonds. The van der Waals surface area contributed by atoms with Gasteiger partial charge in [0.2, 0.25) is 0 Å². The second-order valence-corrected chi connectivity index (χ2v) is 5.94. The summed E-state index contributed by atoms with van der Waals surface area (Å²) in [6.45, 7) is 1.36. The van der Waals surface area contributed by atoms with Gasteiger partial charge in [-0.2, -0.15) is 0 Å². The monoisotopic (exact) mass is 308 g/mol. The van der Waals surface area contributed by atoms with Gasteiger partial charge in [0.15, 0.2) is 0 Å². The van der Waals surface area contributed by atoms with Crippen molar-refractivity contribution >= 4 is 34.7 Å². The molecule has 3 heterocycles. The van der Waals surface area contributed by atoms with E-state index in [1.54, 1.807) is 23.5 Å². The van der Waals surface area contributed by atoms with Crippen molar-refractivity contribution in [2.45, 2.75) is 13.0 Å². The normalized spacial score (nSPS) is 14.0. The molecule has 5 nitrogen and oxygen atoms in total. The Bertz CT molecular complexity index is 658. The van der Waals surface area contributed by atoms with E-state index in [0.717, 1.165) is 13.0 Å². The summed E-state index contributed by atoms with van der Waals surface area (Å²) in [4.78, 5) is 19.7. The zero-order valence-corrected chi connectivity index (χ0v) is 12.2. The van der Waals surface area contributed by atoms with Crippen LogP contribution in [0.3, 0.4) is 0 Å². The smallest absolute Gasteiger partial charge is 0.254 e. The highest BCUT2D eigenvalue weighted by molar-refractivity contribution is 7.10. The summed E-state index contributed by atoms with van der Waals surface area (Å²) < 4.78 is 0. The second kappa shape index (κ2) is 5.40. The molecular formula is C13H13ClN4OS. The Morgan fingerprint density at radius 1 is 1.50 bits per heavy atom. The van der Waals surface area contributed by atoms with Crippen molar-refractivity contribution < 1.29 is 4.79 Å². The Kier molecular flexibility index (Phi) is 3.60. The van der Waals surface area contributed by atoms with E-state index in [4.69, 9.17) is 17.4 Å². The molecule has 1 aliphatic rings. The van der Waals surface area contributed by atoms with Crippen LogP contribution in [0, 0.1) is 0 Å². The summed E-state index contributed by atoms with van der Waals surface area (Å²) in [5, 5.41) is 2.32. The number of carbonyl (C=O) groups excluding carboxylic acids is 1. The highest BCUT2D eigenvalue weighted by Crippen LogP contribution is 2.25. The van der Waals surface area contributed by atoms with Gasteiger partial charge in [-0.25, -0.2) is 10.8 Å². The summed E-state index contributed by atoms with van der Waals surface area (Å²) in [5.41, 5.74) is 4.14. The predicted molar refractivity (Wildman–Crippen MR) is 79.8 cm³/mol. The van der Waals surface area contributed by atoms with E-state index in [0.29, 0.717) is 17.9 Å². The summed E-state index contributed by atoms with van der Waals surface area (Å²) in [7, 11) is 0. The number of hydrogen-bond donors (Lipinski definition) is 2. The average Bonchev–Trinajstić information content (AvgIpc) is 2.93. The minimum Gasteiger partial charge on any atom is -0.334 e. The Labute approximate surface area is 125 Å². The summed E-state index contributed by atoms with van der Waals surface area (Å²) in [5.74, 6) is 5.65. The number of nitrogen functional groups attached to an aromatic ring is 1. The van der Waals surface area contributed by atoms with Crippen molar-refractivity contribution in [3.05, 3.63) is 44.7 Å². The number of nitrogens with one attached hydrogen (secondary N) is 1. The number of nitrogens with zero attached hydrogens (tertiary/aromatic N) is 2. The third-order valence-corrected chi connectivity index (χ3v) is 4.50. The molecule has 0 fully saturated rings. The molecule has 1 aliphatic heterocycles. The van der Waals surface area contributed by atoms with Gasteiger partial charge in [-0.1, -0.05) is 11.6 Å². The van der Waals surface area contributed by atoms with Crippen molar-refractivity contribution in [1.82, 2.24) is 9.88 Å².